The van der Waals surface area contributed by atoms with Gasteiger partial charge in [-0.3, -0.25) is 9.78 Å². The minimum absolute atomic E-state index is 0.0404. The molecule has 0 radical (unpaired) electrons. The number of halogens is 1. The zero-order valence-corrected chi connectivity index (χ0v) is 14.3. The number of ether oxygens (including phenoxy) is 1. The Balaban J connectivity index is 1.46. The Morgan fingerprint density at radius 3 is 2.81 bits per heavy atom. The summed E-state index contributed by atoms with van der Waals surface area (Å²) in [5.74, 6) is -0.310. The van der Waals surface area contributed by atoms with E-state index in [1.165, 1.54) is 35.1 Å². The third-order valence-electron chi connectivity index (χ3n) is 4.36. The summed E-state index contributed by atoms with van der Waals surface area (Å²) in [6, 6.07) is 9.21. The third kappa shape index (κ3) is 3.59. The number of rotatable bonds is 4. The maximum absolute atomic E-state index is 13.1. The van der Waals surface area contributed by atoms with Gasteiger partial charge in [0.25, 0.3) is 5.91 Å². The number of hydrogen-bond donors (Lipinski definition) is 1. The molecule has 7 nitrogen and oxygen atoms in total. The smallest absolute Gasteiger partial charge is 0.278 e. The number of likely N-dealkylation sites (tertiary alicyclic amines) is 1. The van der Waals surface area contributed by atoms with Gasteiger partial charge in [-0.1, -0.05) is 0 Å². The van der Waals surface area contributed by atoms with Crippen LogP contribution in [0, 0.1) is 5.82 Å². The summed E-state index contributed by atoms with van der Waals surface area (Å²) in [5.41, 5.74) is 0.506. The van der Waals surface area contributed by atoms with E-state index < -0.39 is 0 Å². The minimum atomic E-state index is -0.372. The van der Waals surface area contributed by atoms with Gasteiger partial charge in [0.2, 0.25) is 0 Å². The van der Waals surface area contributed by atoms with Crippen LogP contribution >= 0.6 is 0 Å². The predicted molar refractivity (Wildman–Crippen MR) is 94.4 cm³/mol. The van der Waals surface area contributed by atoms with Gasteiger partial charge in [0.05, 0.1) is 24.6 Å². The average molecular weight is 368 g/mol. The monoisotopic (exact) mass is 368 g/mol. The van der Waals surface area contributed by atoms with Crippen LogP contribution < -0.4 is 4.74 Å². The van der Waals surface area contributed by atoms with Crippen molar-refractivity contribution in [2.24, 2.45) is 0 Å². The second-order valence-corrected chi connectivity index (χ2v) is 6.25. The van der Waals surface area contributed by atoms with Crippen molar-refractivity contribution < 1.29 is 19.0 Å². The number of pyridine rings is 1. The zero-order valence-electron chi connectivity index (χ0n) is 14.3. The first-order valence-electron chi connectivity index (χ1n) is 8.50. The lowest BCUT2D eigenvalue weighted by Crippen LogP contribution is -2.31. The molecule has 3 aromatic rings. The Morgan fingerprint density at radius 2 is 2.07 bits per heavy atom. The Labute approximate surface area is 154 Å². The van der Waals surface area contributed by atoms with E-state index >= 15 is 0 Å². The van der Waals surface area contributed by atoms with Crippen LogP contribution in [0.1, 0.15) is 16.9 Å². The summed E-state index contributed by atoms with van der Waals surface area (Å²) in [6.07, 6.45) is 5.16. The molecular formula is C19H17FN4O3. The summed E-state index contributed by atoms with van der Waals surface area (Å²) in [5, 5.41) is 14.3. The van der Waals surface area contributed by atoms with Crippen molar-refractivity contribution in [3.8, 4) is 17.2 Å². The molecule has 0 spiro atoms. The maximum Gasteiger partial charge on any atom is 0.278 e. The van der Waals surface area contributed by atoms with E-state index in [-0.39, 0.29) is 29.3 Å². The molecule has 1 amide bonds. The highest BCUT2D eigenvalue weighted by atomic mass is 19.1. The Bertz CT molecular complexity index is 943. The van der Waals surface area contributed by atoms with Gasteiger partial charge in [-0.25, -0.2) is 9.07 Å². The van der Waals surface area contributed by atoms with Crippen molar-refractivity contribution in [1.29, 1.82) is 0 Å². The van der Waals surface area contributed by atoms with Gasteiger partial charge in [0.1, 0.15) is 17.7 Å². The van der Waals surface area contributed by atoms with Crippen LogP contribution in [-0.4, -0.2) is 49.9 Å². The van der Waals surface area contributed by atoms with Crippen LogP contribution in [0.2, 0.25) is 0 Å². The number of aromatic nitrogens is 3. The molecule has 0 bridgehead atoms. The molecule has 1 N–H and O–H groups in total. The molecule has 1 fully saturated rings. The fourth-order valence-corrected chi connectivity index (χ4v) is 3.01. The molecule has 8 heteroatoms. The molecule has 1 aromatic carbocycles. The van der Waals surface area contributed by atoms with Gasteiger partial charge in [0, 0.05) is 19.2 Å². The summed E-state index contributed by atoms with van der Waals surface area (Å²) in [6.45, 7) is 0.906. The van der Waals surface area contributed by atoms with Crippen LogP contribution in [0.3, 0.4) is 0 Å². The van der Waals surface area contributed by atoms with E-state index in [1.54, 1.807) is 23.4 Å². The molecule has 3 heterocycles. The predicted octanol–water partition coefficient (Wildman–Crippen LogP) is 2.41. The SMILES string of the molecule is O=C(c1nn(-c2ccc(F)cc2)cc1O)N1CCC(Oc2cccnc2)C1. The lowest BCUT2D eigenvalue weighted by Gasteiger charge is -2.16. The summed E-state index contributed by atoms with van der Waals surface area (Å²) >= 11 is 0. The number of aromatic hydroxyl groups is 1. The summed E-state index contributed by atoms with van der Waals surface area (Å²) in [7, 11) is 0. The van der Waals surface area contributed by atoms with E-state index in [9.17, 15) is 14.3 Å². The van der Waals surface area contributed by atoms with E-state index in [2.05, 4.69) is 10.1 Å². The summed E-state index contributed by atoms with van der Waals surface area (Å²) in [4.78, 5) is 18.3. The first-order chi connectivity index (χ1) is 13.1. The van der Waals surface area contributed by atoms with Crippen LogP contribution in [0.15, 0.2) is 55.0 Å². The lowest BCUT2D eigenvalue weighted by molar-refractivity contribution is 0.0763. The molecule has 0 aliphatic carbocycles. The normalized spacial score (nSPS) is 16.5. The van der Waals surface area contributed by atoms with Crippen LogP contribution in [0.25, 0.3) is 5.69 Å². The molecule has 0 saturated carbocycles. The molecule has 4 rings (SSSR count). The molecule has 1 atom stereocenters. The topological polar surface area (TPSA) is 80.5 Å². The van der Waals surface area contributed by atoms with Crippen molar-refractivity contribution in [1.82, 2.24) is 19.7 Å². The molecule has 1 aliphatic rings. The number of carbonyl (C=O) groups is 1. The Morgan fingerprint density at radius 1 is 1.26 bits per heavy atom. The second kappa shape index (κ2) is 7.06. The Kier molecular flexibility index (Phi) is 4.45. The molecule has 27 heavy (non-hydrogen) atoms. The number of benzene rings is 1. The van der Waals surface area contributed by atoms with Gasteiger partial charge in [0.15, 0.2) is 11.4 Å². The van der Waals surface area contributed by atoms with Crippen LogP contribution in [0.4, 0.5) is 4.39 Å². The lowest BCUT2D eigenvalue weighted by atomic mass is 10.3. The van der Waals surface area contributed by atoms with Gasteiger partial charge in [-0.15, -0.1) is 0 Å². The maximum atomic E-state index is 13.1. The van der Waals surface area contributed by atoms with Gasteiger partial charge >= 0.3 is 0 Å². The van der Waals surface area contributed by atoms with Crippen LogP contribution in [-0.2, 0) is 0 Å². The van der Waals surface area contributed by atoms with Crippen molar-refractivity contribution in [3.05, 3.63) is 66.5 Å². The molecule has 1 unspecified atom stereocenters. The highest BCUT2D eigenvalue weighted by Gasteiger charge is 2.31. The fraction of sp³-hybridized carbons (Fsp3) is 0.211. The van der Waals surface area contributed by atoms with Gasteiger partial charge in [-0.05, 0) is 36.4 Å². The number of hydrogen-bond acceptors (Lipinski definition) is 5. The first kappa shape index (κ1) is 17.0. The van der Waals surface area contributed by atoms with E-state index in [0.29, 0.717) is 30.9 Å². The molecular weight excluding hydrogens is 351 g/mol. The minimum Gasteiger partial charge on any atom is -0.504 e. The quantitative estimate of drug-likeness (QED) is 0.765. The van der Waals surface area contributed by atoms with E-state index in [1.807, 2.05) is 6.07 Å². The highest BCUT2D eigenvalue weighted by Crippen LogP contribution is 2.23. The van der Waals surface area contributed by atoms with E-state index in [4.69, 9.17) is 4.74 Å². The Hall–Kier alpha value is -3.42. The van der Waals surface area contributed by atoms with Crippen molar-refractivity contribution in [2.75, 3.05) is 13.1 Å². The van der Waals surface area contributed by atoms with Crippen LogP contribution in [0.5, 0.6) is 11.5 Å². The van der Waals surface area contributed by atoms with E-state index in [0.717, 1.165) is 0 Å². The first-order valence-corrected chi connectivity index (χ1v) is 8.50. The average Bonchev–Trinajstić information content (AvgIpc) is 3.29. The standard InChI is InChI=1S/C19H17FN4O3/c20-13-3-5-14(6-4-13)24-12-17(25)18(22-24)19(26)23-9-7-16(11-23)27-15-2-1-8-21-10-15/h1-6,8,10,12,16,25H,7,9,11H2. The molecule has 1 saturated heterocycles. The fourth-order valence-electron chi connectivity index (χ4n) is 3.01. The van der Waals surface area contributed by atoms with Gasteiger partial charge in [-0.2, -0.15) is 5.10 Å². The zero-order chi connectivity index (χ0) is 18.8. The number of carbonyl (C=O) groups excluding carboxylic acids is 1. The number of nitrogens with zero attached hydrogens (tertiary/aromatic N) is 4. The largest absolute Gasteiger partial charge is 0.504 e. The van der Waals surface area contributed by atoms with Crippen molar-refractivity contribution in [3.63, 3.8) is 0 Å². The number of amides is 1. The summed E-state index contributed by atoms with van der Waals surface area (Å²) < 4.78 is 20.2. The molecule has 2 aromatic heterocycles. The third-order valence-corrected chi connectivity index (χ3v) is 4.36. The van der Waals surface area contributed by atoms with Crippen molar-refractivity contribution >= 4 is 5.91 Å². The molecule has 138 valence electrons. The molecule has 1 aliphatic heterocycles. The van der Waals surface area contributed by atoms with Gasteiger partial charge < -0.3 is 14.7 Å². The second-order valence-electron chi connectivity index (χ2n) is 6.25. The highest BCUT2D eigenvalue weighted by molar-refractivity contribution is 5.95. The van der Waals surface area contributed by atoms with Crippen molar-refractivity contribution in [2.45, 2.75) is 12.5 Å².